The summed E-state index contributed by atoms with van der Waals surface area (Å²) in [5, 5.41) is 23.2. The second-order valence-corrected chi connectivity index (χ2v) is 7.96. The quantitative estimate of drug-likeness (QED) is 0.165. The van der Waals surface area contributed by atoms with Crippen molar-refractivity contribution >= 4 is 39.3 Å². The normalized spacial score (nSPS) is 10.7. The molecule has 0 aromatic heterocycles. The van der Waals surface area contributed by atoms with Crippen LogP contribution in [0, 0.1) is 21.4 Å². The third-order valence-electron chi connectivity index (χ3n) is 4.78. The van der Waals surface area contributed by atoms with Crippen molar-refractivity contribution in [2.24, 2.45) is 0 Å². The van der Waals surface area contributed by atoms with Gasteiger partial charge in [0.25, 0.3) is 11.6 Å². The minimum Gasteiger partial charge on any atom is -0.497 e. The summed E-state index contributed by atoms with van der Waals surface area (Å²) in [5.41, 5.74) is 1.51. The molecule has 3 aromatic carbocycles. The van der Waals surface area contributed by atoms with E-state index in [4.69, 9.17) is 14.2 Å². The number of rotatable bonds is 9. The Balaban J connectivity index is 1.79. The monoisotopic (exact) mass is 537 g/mol. The summed E-state index contributed by atoms with van der Waals surface area (Å²) in [6.07, 6.45) is 1.43. The molecule has 35 heavy (non-hydrogen) atoms. The van der Waals surface area contributed by atoms with Crippen LogP contribution in [0.4, 0.5) is 11.4 Å². The van der Waals surface area contributed by atoms with Crippen molar-refractivity contribution in [1.29, 1.82) is 5.26 Å². The van der Waals surface area contributed by atoms with Crippen LogP contribution < -0.4 is 19.5 Å². The van der Waals surface area contributed by atoms with Gasteiger partial charge < -0.3 is 19.5 Å². The Morgan fingerprint density at radius 1 is 1.14 bits per heavy atom. The van der Waals surface area contributed by atoms with Crippen LogP contribution in [0.5, 0.6) is 17.2 Å². The fourth-order valence-electron chi connectivity index (χ4n) is 3.07. The Bertz CT molecular complexity index is 1320. The summed E-state index contributed by atoms with van der Waals surface area (Å²) in [5.74, 6) is 0.795. The van der Waals surface area contributed by atoms with Crippen LogP contribution in [0.2, 0.25) is 0 Å². The minimum absolute atomic E-state index is 0.0328. The van der Waals surface area contributed by atoms with E-state index in [1.165, 1.54) is 25.3 Å². The average molecular weight is 538 g/mol. The summed E-state index contributed by atoms with van der Waals surface area (Å²) in [6, 6.07) is 18.0. The lowest BCUT2D eigenvalue weighted by Crippen LogP contribution is -2.13. The second kappa shape index (κ2) is 11.7. The van der Waals surface area contributed by atoms with E-state index in [2.05, 4.69) is 21.2 Å². The predicted octanol–water partition coefficient (Wildman–Crippen LogP) is 5.50. The van der Waals surface area contributed by atoms with Crippen LogP contribution in [-0.2, 0) is 11.4 Å². The van der Waals surface area contributed by atoms with Gasteiger partial charge in [0.2, 0.25) is 0 Å². The molecule has 3 aromatic rings. The highest BCUT2D eigenvalue weighted by Gasteiger charge is 2.15. The van der Waals surface area contributed by atoms with Crippen molar-refractivity contribution in [1.82, 2.24) is 0 Å². The largest absolute Gasteiger partial charge is 0.497 e. The number of non-ortho nitro benzene ring substituents is 1. The second-order valence-electron chi connectivity index (χ2n) is 7.10. The van der Waals surface area contributed by atoms with E-state index < -0.39 is 10.8 Å². The summed E-state index contributed by atoms with van der Waals surface area (Å²) < 4.78 is 16.9. The molecular formula is C25H20BrN3O6. The number of benzene rings is 3. The Hall–Kier alpha value is -4.36. The van der Waals surface area contributed by atoms with Gasteiger partial charge in [0.05, 0.1) is 23.6 Å². The van der Waals surface area contributed by atoms with E-state index in [0.717, 1.165) is 0 Å². The predicted molar refractivity (Wildman–Crippen MR) is 133 cm³/mol. The van der Waals surface area contributed by atoms with Crippen molar-refractivity contribution < 1.29 is 23.9 Å². The molecule has 0 saturated heterocycles. The number of methoxy groups -OCH3 is 2. The number of hydrogen-bond donors (Lipinski definition) is 1. The lowest BCUT2D eigenvalue weighted by Gasteiger charge is -2.14. The van der Waals surface area contributed by atoms with Crippen molar-refractivity contribution in [3.05, 3.63) is 92.0 Å². The first kappa shape index (κ1) is 25.3. The molecule has 0 bridgehead atoms. The van der Waals surface area contributed by atoms with Gasteiger partial charge in [0.15, 0.2) is 11.5 Å². The Kier molecular flexibility index (Phi) is 8.43. The molecule has 0 saturated carbocycles. The molecule has 0 aliphatic rings. The smallest absolute Gasteiger partial charge is 0.269 e. The van der Waals surface area contributed by atoms with Crippen molar-refractivity contribution in [3.63, 3.8) is 0 Å². The zero-order valence-electron chi connectivity index (χ0n) is 18.8. The number of nitro groups is 1. The molecule has 1 N–H and O–H groups in total. The van der Waals surface area contributed by atoms with Gasteiger partial charge >= 0.3 is 0 Å². The van der Waals surface area contributed by atoms with E-state index >= 15 is 0 Å². The van der Waals surface area contributed by atoms with Gasteiger partial charge in [-0.25, -0.2) is 0 Å². The Labute approximate surface area is 209 Å². The summed E-state index contributed by atoms with van der Waals surface area (Å²) in [4.78, 5) is 23.1. The van der Waals surface area contributed by atoms with Gasteiger partial charge in [0.1, 0.15) is 24.0 Å². The summed E-state index contributed by atoms with van der Waals surface area (Å²) in [6.45, 7) is 0.0690. The number of carbonyl (C=O) groups excluding carboxylic acids is 1. The van der Waals surface area contributed by atoms with E-state index in [1.807, 2.05) is 6.07 Å². The van der Waals surface area contributed by atoms with Crippen LogP contribution in [0.15, 0.2) is 70.7 Å². The molecule has 0 heterocycles. The molecule has 0 radical (unpaired) electrons. The van der Waals surface area contributed by atoms with Crippen molar-refractivity contribution in [2.75, 3.05) is 19.5 Å². The molecule has 0 atom stereocenters. The SMILES string of the molecule is COc1ccc(NC(=O)/C(C#N)=C\c2cc(Br)c(OCc3cccc([N+](=O)[O-])c3)c(OC)c2)cc1. The minimum atomic E-state index is -0.571. The maximum Gasteiger partial charge on any atom is 0.269 e. The van der Waals surface area contributed by atoms with E-state index in [-0.39, 0.29) is 17.9 Å². The maximum absolute atomic E-state index is 12.6. The van der Waals surface area contributed by atoms with Crippen LogP contribution >= 0.6 is 15.9 Å². The number of amides is 1. The lowest BCUT2D eigenvalue weighted by atomic mass is 10.1. The number of hydrogen-bond acceptors (Lipinski definition) is 7. The van der Waals surface area contributed by atoms with Gasteiger partial charge in [-0.3, -0.25) is 14.9 Å². The first-order valence-corrected chi connectivity index (χ1v) is 10.9. The molecule has 0 aliphatic heterocycles. The number of nitriles is 1. The number of nitro benzene ring substituents is 1. The Morgan fingerprint density at radius 3 is 2.51 bits per heavy atom. The highest BCUT2D eigenvalue weighted by atomic mass is 79.9. The number of halogens is 1. The van der Waals surface area contributed by atoms with Crippen LogP contribution in [0.3, 0.4) is 0 Å². The molecule has 9 nitrogen and oxygen atoms in total. The highest BCUT2D eigenvalue weighted by molar-refractivity contribution is 9.10. The van der Waals surface area contributed by atoms with E-state index in [1.54, 1.807) is 55.6 Å². The zero-order chi connectivity index (χ0) is 25.4. The molecule has 0 spiro atoms. The fourth-order valence-corrected chi connectivity index (χ4v) is 3.64. The molecular weight excluding hydrogens is 518 g/mol. The number of carbonyl (C=O) groups is 1. The maximum atomic E-state index is 12.6. The van der Waals surface area contributed by atoms with E-state index in [9.17, 15) is 20.2 Å². The number of nitrogens with zero attached hydrogens (tertiary/aromatic N) is 2. The molecule has 1 amide bonds. The van der Waals surface area contributed by atoms with Gasteiger partial charge in [-0.1, -0.05) is 12.1 Å². The van der Waals surface area contributed by atoms with Crippen molar-refractivity contribution in [2.45, 2.75) is 6.61 Å². The summed E-state index contributed by atoms with van der Waals surface area (Å²) in [7, 11) is 3.00. The zero-order valence-corrected chi connectivity index (χ0v) is 20.4. The van der Waals surface area contributed by atoms with E-state index in [0.29, 0.717) is 38.5 Å². The fraction of sp³-hybridized carbons (Fsp3) is 0.120. The first-order chi connectivity index (χ1) is 16.8. The van der Waals surface area contributed by atoms with Crippen molar-refractivity contribution in [3.8, 4) is 23.3 Å². The number of anilines is 1. The van der Waals surface area contributed by atoms with Crippen LogP contribution in [0.25, 0.3) is 6.08 Å². The first-order valence-electron chi connectivity index (χ1n) is 10.2. The average Bonchev–Trinajstić information content (AvgIpc) is 2.86. The number of ether oxygens (including phenoxy) is 3. The standard InChI is InChI=1S/C25H20BrN3O6/c1-33-21-8-6-19(7-9-21)28-25(30)18(14-27)10-17-12-22(26)24(23(13-17)34-2)35-15-16-4-3-5-20(11-16)29(31)32/h3-13H,15H2,1-2H3,(H,28,30)/b18-10-. The highest BCUT2D eigenvalue weighted by Crippen LogP contribution is 2.38. The third-order valence-corrected chi connectivity index (χ3v) is 5.37. The topological polar surface area (TPSA) is 124 Å². The third kappa shape index (κ3) is 6.59. The Morgan fingerprint density at radius 2 is 1.89 bits per heavy atom. The molecule has 0 fully saturated rings. The molecule has 0 aliphatic carbocycles. The molecule has 3 rings (SSSR count). The van der Waals surface area contributed by atoms with Gasteiger partial charge in [0, 0.05) is 17.8 Å². The number of nitrogens with one attached hydrogen (secondary N) is 1. The molecule has 10 heteroatoms. The van der Waals surface area contributed by atoms with Gasteiger partial charge in [-0.15, -0.1) is 0 Å². The van der Waals surface area contributed by atoms with Crippen LogP contribution in [-0.4, -0.2) is 25.1 Å². The van der Waals surface area contributed by atoms with Gasteiger partial charge in [-0.05, 0) is 69.5 Å². The van der Waals surface area contributed by atoms with Gasteiger partial charge in [-0.2, -0.15) is 5.26 Å². The molecule has 178 valence electrons. The summed E-state index contributed by atoms with van der Waals surface area (Å²) >= 11 is 3.43. The molecule has 0 unspecified atom stereocenters. The van der Waals surface area contributed by atoms with Crippen LogP contribution in [0.1, 0.15) is 11.1 Å². The lowest BCUT2D eigenvalue weighted by molar-refractivity contribution is -0.384.